The van der Waals surface area contributed by atoms with E-state index in [1.54, 1.807) is 26.0 Å². The van der Waals surface area contributed by atoms with Gasteiger partial charge in [0.25, 0.3) is 0 Å². The van der Waals surface area contributed by atoms with Crippen LogP contribution in [0.25, 0.3) is 0 Å². The average Bonchev–Trinajstić information content (AvgIpc) is 2.88. The highest BCUT2D eigenvalue weighted by atomic mass is 16.5. The molecule has 0 aliphatic rings. The van der Waals surface area contributed by atoms with Crippen LogP contribution in [0.3, 0.4) is 0 Å². The lowest BCUT2D eigenvalue weighted by Crippen LogP contribution is -2.25. The van der Waals surface area contributed by atoms with E-state index in [1.807, 2.05) is 12.1 Å². The molecule has 0 aliphatic heterocycles. The number of esters is 1. The fourth-order valence-corrected chi connectivity index (χ4v) is 3.01. The van der Waals surface area contributed by atoms with Crippen LogP contribution in [-0.4, -0.2) is 28.6 Å². The summed E-state index contributed by atoms with van der Waals surface area (Å²) in [4.78, 5) is 39.6. The zero-order valence-corrected chi connectivity index (χ0v) is 16.1. The van der Waals surface area contributed by atoms with Gasteiger partial charge >= 0.3 is 5.97 Å². The quantitative estimate of drug-likeness (QED) is 0.616. The molecule has 2 rings (SSSR count). The number of hydrogen-bond acceptors (Lipinski definition) is 4. The van der Waals surface area contributed by atoms with Crippen molar-refractivity contribution in [3.05, 3.63) is 57.9 Å². The zero-order chi connectivity index (χ0) is 19.6. The third-order valence-corrected chi connectivity index (χ3v) is 4.50. The van der Waals surface area contributed by atoms with Gasteiger partial charge in [0.2, 0.25) is 5.78 Å². The average molecular weight is 355 g/mol. The first-order chi connectivity index (χ1) is 12.1. The number of carbonyl (C=O) groups is 3. The van der Waals surface area contributed by atoms with E-state index in [9.17, 15) is 14.4 Å². The van der Waals surface area contributed by atoms with Crippen LogP contribution in [0.15, 0.2) is 24.3 Å². The van der Waals surface area contributed by atoms with Crippen LogP contribution in [-0.2, 0) is 4.74 Å². The second kappa shape index (κ2) is 7.68. The van der Waals surface area contributed by atoms with Gasteiger partial charge in [-0.3, -0.25) is 9.59 Å². The van der Waals surface area contributed by atoms with E-state index in [0.717, 1.165) is 5.56 Å². The van der Waals surface area contributed by atoms with Crippen molar-refractivity contribution >= 4 is 17.5 Å². The molecular formula is C21H25NO4. The molecule has 0 aliphatic carbocycles. The molecule has 1 atom stereocenters. The molecule has 0 fully saturated rings. The normalized spacial score (nSPS) is 12.1. The molecule has 138 valence electrons. The van der Waals surface area contributed by atoms with Gasteiger partial charge in [-0.05, 0) is 56.9 Å². The molecule has 1 aromatic heterocycles. The molecule has 1 aromatic carbocycles. The Balaban J connectivity index is 2.15. The van der Waals surface area contributed by atoms with Crippen molar-refractivity contribution in [2.75, 3.05) is 0 Å². The van der Waals surface area contributed by atoms with Crippen LogP contribution in [0.2, 0.25) is 0 Å². The lowest BCUT2D eigenvalue weighted by atomic mass is 10.0. The first kappa shape index (κ1) is 19.6. The SMILES string of the molecule is CC(=O)c1c(C)[nH]c(C(=O)C(C)OC(=O)c2ccc(C(C)C)cc2)c1C. The number of ketones is 2. The van der Waals surface area contributed by atoms with Gasteiger partial charge in [0.15, 0.2) is 11.9 Å². The first-order valence-electron chi connectivity index (χ1n) is 8.68. The van der Waals surface area contributed by atoms with Crippen LogP contribution >= 0.6 is 0 Å². The first-order valence-corrected chi connectivity index (χ1v) is 8.68. The number of rotatable bonds is 6. The van der Waals surface area contributed by atoms with E-state index < -0.39 is 12.1 Å². The maximum absolute atomic E-state index is 12.6. The van der Waals surface area contributed by atoms with Crippen molar-refractivity contribution in [1.82, 2.24) is 4.98 Å². The third-order valence-electron chi connectivity index (χ3n) is 4.50. The fraction of sp³-hybridized carbons (Fsp3) is 0.381. The number of Topliss-reactive ketones (excluding diaryl/α,β-unsaturated/α-hetero) is 2. The van der Waals surface area contributed by atoms with Gasteiger partial charge in [-0.1, -0.05) is 26.0 Å². The van der Waals surface area contributed by atoms with Crippen LogP contribution in [0, 0.1) is 13.8 Å². The van der Waals surface area contributed by atoms with Gasteiger partial charge in [-0.2, -0.15) is 0 Å². The van der Waals surface area contributed by atoms with Crippen molar-refractivity contribution in [3.8, 4) is 0 Å². The predicted octanol–water partition coefficient (Wildman–Crippen LogP) is 4.39. The summed E-state index contributed by atoms with van der Waals surface area (Å²) in [6.45, 7) is 10.6. The standard InChI is InChI=1S/C21H25NO4/c1-11(2)16-7-9-17(10-8-16)21(25)26-15(6)20(24)19-12(3)18(14(5)23)13(4)22-19/h7-11,15,22H,1-6H3. The number of hydrogen-bond donors (Lipinski definition) is 1. The number of aryl methyl sites for hydroxylation is 1. The number of nitrogens with one attached hydrogen (secondary N) is 1. The Morgan fingerprint density at radius 1 is 1.00 bits per heavy atom. The number of aromatic nitrogens is 1. The highest BCUT2D eigenvalue weighted by Gasteiger charge is 2.26. The van der Waals surface area contributed by atoms with Crippen molar-refractivity contribution in [2.45, 2.75) is 53.6 Å². The van der Waals surface area contributed by atoms with Gasteiger partial charge in [-0.25, -0.2) is 4.79 Å². The van der Waals surface area contributed by atoms with Gasteiger partial charge in [0.1, 0.15) is 0 Å². The highest BCUT2D eigenvalue weighted by molar-refractivity contribution is 6.05. The zero-order valence-electron chi connectivity index (χ0n) is 16.1. The second-order valence-corrected chi connectivity index (χ2v) is 6.87. The van der Waals surface area contributed by atoms with E-state index in [1.165, 1.54) is 13.8 Å². The maximum Gasteiger partial charge on any atom is 0.338 e. The van der Waals surface area contributed by atoms with Gasteiger partial charge in [0, 0.05) is 11.3 Å². The van der Waals surface area contributed by atoms with Gasteiger partial charge in [0.05, 0.1) is 11.3 Å². The van der Waals surface area contributed by atoms with E-state index in [4.69, 9.17) is 4.74 Å². The van der Waals surface area contributed by atoms with E-state index >= 15 is 0 Å². The molecule has 1 N–H and O–H groups in total. The molecule has 1 unspecified atom stereocenters. The summed E-state index contributed by atoms with van der Waals surface area (Å²) in [6, 6.07) is 7.16. The molecule has 0 bridgehead atoms. The summed E-state index contributed by atoms with van der Waals surface area (Å²) in [7, 11) is 0. The second-order valence-electron chi connectivity index (χ2n) is 6.87. The summed E-state index contributed by atoms with van der Waals surface area (Å²) in [6.07, 6.45) is -0.955. The minimum absolute atomic E-state index is 0.106. The highest BCUT2D eigenvalue weighted by Crippen LogP contribution is 2.21. The predicted molar refractivity (Wildman–Crippen MR) is 100 cm³/mol. The molecule has 2 aromatic rings. The Morgan fingerprint density at radius 2 is 1.58 bits per heavy atom. The minimum atomic E-state index is -0.955. The van der Waals surface area contributed by atoms with Crippen molar-refractivity contribution in [2.24, 2.45) is 0 Å². The van der Waals surface area contributed by atoms with Crippen LogP contribution in [0.5, 0.6) is 0 Å². The molecule has 1 heterocycles. The number of ether oxygens (including phenoxy) is 1. The maximum atomic E-state index is 12.6. The monoisotopic (exact) mass is 355 g/mol. The van der Waals surface area contributed by atoms with Crippen molar-refractivity contribution < 1.29 is 19.1 Å². The summed E-state index contributed by atoms with van der Waals surface area (Å²) in [5, 5.41) is 0. The minimum Gasteiger partial charge on any atom is -0.451 e. The summed E-state index contributed by atoms with van der Waals surface area (Å²) < 4.78 is 5.32. The Kier molecular flexibility index (Phi) is 5.80. The van der Waals surface area contributed by atoms with Crippen LogP contribution in [0.4, 0.5) is 0 Å². The molecule has 26 heavy (non-hydrogen) atoms. The third kappa shape index (κ3) is 3.93. The molecule has 0 amide bonds. The Labute approximate surface area is 153 Å². The molecule has 0 saturated carbocycles. The lowest BCUT2D eigenvalue weighted by molar-refractivity contribution is 0.0317. The van der Waals surface area contributed by atoms with Gasteiger partial charge in [-0.15, -0.1) is 0 Å². The molecule has 5 nitrogen and oxygen atoms in total. The molecule has 5 heteroatoms. The van der Waals surface area contributed by atoms with Crippen molar-refractivity contribution in [3.63, 3.8) is 0 Å². The molecule has 0 radical (unpaired) electrons. The van der Waals surface area contributed by atoms with Crippen molar-refractivity contribution in [1.29, 1.82) is 0 Å². The number of carbonyl (C=O) groups excluding carboxylic acids is 3. The van der Waals surface area contributed by atoms with Crippen LogP contribution < -0.4 is 0 Å². The fourth-order valence-electron chi connectivity index (χ4n) is 3.01. The van der Waals surface area contributed by atoms with E-state index in [-0.39, 0.29) is 11.6 Å². The van der Waals surface area contributed by atoms with E-state index in [0.29, 0.717) is 34.0 Å². The smallest absolute Gasteiger partial charge is 0.338 e. The largest absolute Gasteiger partial charge is 0.451 e. The summed E-state index contributed by atoms with van der Waals surface area (Å²) in [5.41, 5.74) is 3.57. The van der Waals surface area contributed by atoms with Gasteiger partial charge < -0.3 is 9.72 Å². The Bertz CT molecular complexity index is 844. The summed E-state index contributed by atoms with van der Waals surface area (Å²) >= 11 is 0. The topological polar surface area (TPSA) is 76.2 Å². The number of benzene rings is 1. The van der Waals surface area contributed by atoms with Crippen LogP contribution in [0.1, 0.15) is 81.6 Å². The number of H-pyrrole nitrogens is 1. The van der Waals surface area contributed by atoms with E-state index in [2.05, 4.69) is 18.8 Å². The molecule has 0 spiro atoms. The number of aromatic amines is 1. The lowest BCUT2D eigenvalue weighted by Gasteiger charge is -2.13. The molecule has 0 saturated heterocycles. The summed E-state index contributed by atoms with van der Waals surface area (Å²) in [5.74, 6) is -0.639. The Morgan fingerprint density at radius 3 is 2.04 bits per heavy atom. The Hall–Kier alpha value is -2.69. The molecular weight excluding hydrogens is 330 g/mol.